The molecule has 0 radical (unpaired) electrons. The van der Waals surface area contributed by atoms with Gasteiger partial charge in [-0.25, -0.2) is 8.96 Å². The molecule has 0 aliphatic carbocycles. The number of aromatic amines is 1. The first kappa shape index (κ1) is 19.9. The van der Waals surface area contributed by atoms with Crippen LogP contribution in [0.15, 0.2) is 41.3 Å². The van der Waals surface area contributed by atoms with Gasteiger partial charge in [-0.3, -0.25) is 18.9 Å². The molecule has 1 aromatic heterocycles. The molecule has 27 heavy (non-hydrogen) atoms. The Hall–Kier alpha value is -1.84. The third-order valence-electron chi connectivity index (χ3n) is 4.02. The number of aliphatic hydroxyl groups excluding tert-OH is 1. The SMILES string of the molecule is Cc1cn(C2OC(CO[PH](=O)Oc3ccccc3)C(O)C2F)c(=S)[nH]c1=O. The van der Waals surface area contributed by atoms with Crippen molar-refractivity contribution < 1.29 is 27.8 Å². The van der Waals surface area contributed by atoms with E-state index in [1.165, 1.54) is 17.7 Å². The third-order valence-corrected chi connectivity index (χ3v) is 5.14. The summed E-state index contributed by atoms with van der Waals surface area (Å²) in [6.07, 6.45) is -4.29. The van der Waals surface area contributed by atoms with Crippen LogP contribution in [0.4, 0.5) is 4.39 Å². The maximum Gasteiger partial charge on any atom is 0.367 e. The van der Waals surface area contributed by atoms with Crippen molar-refractivity contribution >= 4 is 20.5 Å². The molecule has 146 valence electrons. The highest BCUT2D eigenvalue weighted by Crippen LogP contribution is 2.34. The van der Waals surface area contributed by atoms with Crippen LogP contribution in [0.3, 0.4) is 0 Å². The lowest BCUT2D eigenvalue weighted by Gasteiger charge is -2.17. The molecule has 1 fully saturated rings. The highest BCUT2D eigenvalue weighted by atomic mass is 32.1. The maximum absolute atomic E-state index is 14.5. The normalized spacial score (nSPS) is 26.0. The maximum atomic E-state index is 14.5. The summed E-state index contributed by atoms with van der Waals surface area (Å²) in [5.41, 5.74) is -0.0725. The van der Waals surface area contributed by atoms with Crippen molar-refractivity contribution in [2.75, 3.05) is 6.61 Å². The van der Waals surface area contributed by atoms with Crippen LogP contribution in [0.2, 0.25) is 0 Å². The Morgan fingerprint density at radius 1 is 1.41 bits per heavy atom. The Bertz CT molecular complexity index is 936. The van der Waals surface area contributed by atoms with Gasteiger partial charge in [-0.05, 0) is 31.3 Å². The van der Waals surface area contributed by atoms with Gasteiger partial charge in [-0.1, -0.05) is 18.2 Å². The first-order valence-corrected chi connectivity index (χ1v) is 9.69. The summed E-state index contributed by atoms with van der Waals surface area (Å²) in [5, 5.41) is 10.1. The van der Waals surface area contributed by atoms with Gasteiger partial charge < -0.3 is 14.4 Å². The number of benzene rings is 1. The monoisotopic (exact) mass is 416 g/mol. The molecular formula is C16H18FN2O6PS. The summed E-state index contributed by atoms with van der Waals surface area (Å²) >= 11 is 5.03. The van der Waals surface area contributed by atoms with E-state index in [1.807, 2.05) is 0 Å². The first-order chi connectivity index (χ1) is 12.9. The molecule has 0 bridgehead atoms. The summed E-state index contributed by atoms with van der Waals surface area (Å²) in [7, 11) is -2.91. The van der Waals surface area contributed by atoms with Gasteiger partial charge in [-0.15, -0.1) is 0 Å². The fourth-order valence-corrected chi connectivity index (χ4v) is 3.54. The van der Waals surface area contributed by atoms with Gasteiger partial charge in [0.25, 0.3) is 5.56 Å². The standard InChI is InChI=1S/C16H18FN2O6PS/c1-9-7-19(16(27)18-14(9)21)15-12(17)13(20)11(24-15)8-23-26(22)25-10-5-3-2-4-6-10/h2-7,11-13,15,20,26H,8H2,1H3,(H,18,21,27). The van der Waals surface area contributed by atoms with Gasteiger partial charge in [-0.2, -0.15) is 0 Å². The molecule has 1 saturated heterocycles. The summed E-state index contributed by atoms with van der Waals surface area (Å²) in [5.74, 6) is 0.366. The molecule has 2 N–H and O–H groups in total. The average molecular weight is 416 g/mol. The lowest BCUT2D eigenvalue weighted by atomic mass is 10.1. The van der Waals surface area contributed by atoms with Gasteiger partial charge in [0, 0.05) is 11.8 Å². The molecule has 0 amide bonds. The molecule has 8 nitrogen and oxygen atoms in total. The van der Waals surface area contributed by atoms with Gasteiger partial charge >= 0.3 is 8.25 Å². The minimum absolute atomic E-state index is 0.0343. The molecule has 5 atom stereocenters. The number of aryl methyl sites for hydroxylation is 1. The van der Waals surface area contributed by atoms with Crippen molar-refractivity contribution in [2.24, 2.45) is 0 Å². The largest absolute Gasteiger partial charge is 0.426 e. The Labute approximate surface area is 159 Å². The van der Waals surface area contributed by atoms with Crippen molar-refractivity contribution in [1.29, 1.82) is 0 Å². The second kappa shape index (κ2) is 8.45. The van der Waals surface area contributed by atoms with E-state index in [0.717, 1.165) is 0 Å². The second-order valence-electron chi connectivity index (χ2n) is 5.95. The third kappa shape index (κ3) is 4.53. The first-order valence-electron chi connectivity index (χ1n) is 8.06. The zero-order chi connectivity index (χ0) is 19.6. The van der Waals surface area contributed by atoms with E-state index in [2.05, 4.69) is 4.98 Å². The number of hydrogen-bond acceptors (Lipinski definition) is 7. The zero-order valence-electron chi connectivity index (χ0n) is 14.2. The number of aromatic nitrogens is 2. The molecule has 0 spiro atoms. The molecule has 2 aromatic rings. The van der Waals surface area contributed by atoms with E-state index in [0.29, 0.717) is 11.3 Å². The molecule has 3 rings (SSSR count). The van der Waals surface area contributed by atoms with Crippen LogP contribution < -0.4 is 10.1 Å². The zero-order valence-corrected chi connectivity index (χ0v) is 16.0. The molecule has 0 saturated carbocycles. The van der Waals surface area contributed by atoms with Crippen LogP contribution in [0.1, 0.15) is 11.8 Å². The van der Waals surface area contributed by atoms with Crippen LogP contribution in [0, 0.1) is 11.7 Å². The number of nitrogens with zero attached hydrogens (tertiary/aromatic N) is 1. The van der Waals surface area contributed by atoms with Crippen molar-refractivity contribution in [2.45, 2.75) is 31.5 Å². The van der Waals surface area contributed by atoms with Crippen LogP contribution in [-0.2, 0) is 13.8 Å². The summed E-state index contributed by atoms with van der Waals surface area (Å²) < 4.78 is 43.3. The quantitative estimate of drug-likeness (QED) is 0.550. The van der Waals surface area contributed by atoms with Crippen molar-refractivity contribution in [3.8, 4) is 5.75 Å². The smallest absolute Gasteiger partial charge is 0.367 e. The van der Waals surface area contributed by atoms with Crippen LogP contribution in [0.5, 0.6) is 5.75 Å². The molecule has 1 aromatic carbocycles. The number of ether oxygens (including phenoxy) is 1. The minimum Gasteiger partial charge on any atom is -0.426 e. The summed E-state index contributed by atoms with van der Waals surface area (Å²) in [4.78, 5) is 14.0. The number of halogens is 1. The van der Waals surface area contributed by atoms with E-state index < -0.39 is 32.9 Å². The number of rotatable bonds is 6. The molecule has 1 aliphatic rings. The van der Waals surface area contributed by atoms with E-state index >= 15 is 0 Å². The fourth-order valence-electron chi connectivity index (χ4n) is 2.60. The van der Waals surface area contributed by atoms with E-state index in [4.69, 9.17) is 26.0 Å². The fraction of sp³-hybridized carbons (Fsp3) is 0.375. The predicted molar refractivity (Wildman–Crippen MR) is 97.5 cm³/mol. The van der Waals surface area contributed by atoms with E-state index in [1.54, 1.807) is 30.3 Å². The van der Waals surface area contributed by atoms with E-state index in [9.17, 15) is 18.9 Å². The van der Waals surface area contributed by atoms with Gasteiger partial charge in [0.2, 0.25) is 0 Å². The summed E-state index contributed by atoms with van der Waals surface area (Å²) in [6.45, 7) is 1.20. The van der Waals surface area contributed by atoms with Crippen molar-refractivity contribution in [3.63, 3.8) is 0 Å². The average Bonchev–Trinajstić information content (AvgIpc) is 2.92. The van der Waals surface area contributed by atoms with E-state index in [-0.39, 0.29) is 16.9 Å². The van der Waals surface area contributed by atoms with Gasteiger partial charge in [0.05, 0.1) is 6.61 Å². The molecule has 2 heterocycles. The van der Waals surface area contributed by atoms with Crippen LogP contribution in [-0.4, -0.2) is 39.6 Å². The molecule has 1 aliphatic heterocycles. The number of alkyl halides is 1. The van der Waals surface area contributed by atoms with Gasteiger partial charge in [0.1, 0.15) is 18.0 Å². The van der Waals surface area contributed by atoms with Gasteiger partial charge in [0.15, 0.2) is 17.2 Å². The highest BCUT2D eigenvalue weighted by Gasteiger charge is 2.45. The molecule has 5 unspecified atom stereocenters. The lowest BCUT2D eigenvalue weighted by molar-refractivity contribution is -0.0440. The lowest BCUT2D eigenvalue weighted by Crippen LogP contribution is -2.31. The predicted octanol–water partition coefficient (Wildman–Crippen LogP) is 2.30. The highest BCUT2D eigenvalue weighted by molar-refractivity contribution is 7.71. The van der Waals surface area contributed by atoms with Crippen molar-refractivity contribution in [1.82, 2.24) is 9.55 Å². The number of H-pyrrole nitrogens is 1. The van der Waals surface area contributed by atoms with Crippen LogP contribution in [0.25, 0.3) is 0 Å². The minimum atomic E-state index is -2.91. The Morgan fingerprint density at radius 2 is 2.11 bits per heavy atom. The second-order valence-corrected chi connectivity index (χ2v) is 7.33. The van der Waals surface area contributed by atoms with Crippen molar-refractivity contribution in [3.05, 3.63) is 57.2 Å². The number of nitrogens with one attached hydrogen (secondary N) is 1. The number of hydrogen-bond donors (Lipinski definition) is 2. The number of para-hydroxylation sites is 1. The summed E-state index contributed by atoms with van der Waals surface area (Å²) in [6, 6.07) is 8.42. The molecular weight excluding hydrogens is 398 g/mol. The Morgan fingerprint density at radius 3 is 2.81 bits per heavy atom. The Kier molecular flexibility index (Phi) is 6.23. The Balaban J connectivity index is 1.65. The van der Waals surface area contributed by atoms with Crippen LogP contribution >= 0.6 is 20.5 Å². The number of aliphatic hydroxyl groups is 1. The molecule has 11 heteroatoms. The topological polar surface area (TPSA) is 103 Å².